The fourth-order valence-electron chi connectivity index (χ4n) is 3.98. The van der Waals surface area contributed by atoms with Gasteiger partial charge in [-0.2, -0.15) is 0 Å². The number of hydrogen-bond donors (Lipinski definition) is 0. The summed E-state index contributed by atoms with van der Waals surface area (Å²) in [7, 11) is 3.16. The first kappa shape index (κ1) is 24.9. The van der Waals surface area contributed by atoms with E-state index in [4.69, 9.17) is 28.4 Å². The van der Waals surface area contributed by atoms with Crippen LogP contribution in [0.3, 0.4) is 0 Å². The molecule has 4 atom stereocenters. The Bertz CT molecular complexity index is 1020. The van der Waals surface area contributed by atoms with Crippen molar-refractivity contribution in [3.8, 4) is 0 Å². The van der Waals surface area contributed by atoms with Gasteiger partial charge >= 0.3 is 0 Å². The third kappa shape index (κ3) is 6.93. The first-order chi connectivity index (χ1) is 17.3. The number of methoxy groups -OCH3 is 2. The minimum Gasteiger partial charge on any atom is -0.501 e. The van der Waals surface area contributed by atoms with Crippen molar-refractivity contribution in [3.63, 3.8) is 0 Å². The van der Waals surface area contributed by atoms with E-state index in [-0.39, 0.29) is 0 Å². The molecule has 0 amide bonds. The quantitative estimate of drug-likeness (QED) is 0.353. The van der Waals surface area contributed by atoms with Gasteiger partial charge in [0.05, 0.1) is 26.9 Å². The molecule has 1 saturated heterocycles. The van der Waals surface area contributed by atoms with Crippen LogP contribution in [-0.4, -0.2) is 38.8 Å². The monoisotopic (exact) mass is 476 g/mol. The summed E-state index contributed by atoms with van der Waals surface area (Å²) in [5.41, 5.74) is 3.14. The summed E-state index contributed by atoms with van der Waals surface area (Å²) in [6, 6.07) is 30.0. The lowest BCUT2D eigenvalue weighted by molar-refractivity contribution is -0.271. The first-order valence-electron chi connectivity index (χ1n) is 11.7. The zero-order chi connectivity index (χ0) is 24.3. The molecule has 0 spiro atoms. The lowest BCUT2D eigenvalue weighted by atomic mass is 10.0. The van der Waals surface area contributed by atoms with Crippen molar-refractivity contribution in [1.82, 2.24) is 0 Å². The minimum absolute atomic E-state index is 0.379. The minimum atomic E-state index is -0.697. The molecule has 1 aliphatic heterocycles. The van der Waals surface area contributed by atoms with Gasteiger partial charge in [-0.25, -0.2) is 0 Å². The molecule has 0 saturated carbocycles. The van der Waals surface area contributed by atoms with E-state index in [1.807, 2.05) is 91.0 Å². The largest absolute Gasteiger partial charge is 0.501 e. The number of hydrogen-bond acceptors (Lipinski definition) is 6. The zero-order valence-corrected chi connectivity index (χ0v) is 20.1. The van der Waals surface area contributed by atoms with Gasteiger partial charge in [-0.1, -0.05) is 91.0 Å². The maximum Gasteiger partial charge on any atom is 0.228 e. The molecule has 3 aromatic rings. The highest BCUT2D eigenvalue weighted by atomic mass is 16.7. The average Bonchev–Trinajstić information content (AvgIpc) is 2.92. The lowest BCUT2D eigenvalue weighted by Crippen LogP contribution is -2.55. The van der Waals surface area contributed by atoms with Crippen molar-refractivity contribution < 1.29 is 28.4 Å². The molecule has 0 radical (unpaired) electrons. The second kappa shape index (κ2) is 13.1. The van der Waals surface area contributed by atoms with Crippen molar-refractivity contribution >= 4 is 0 Å². The van der Waals surface area contributed by atoms with Crippen LogP contribution < -0.4 is 0 Å². The van der Waals surface area contributed by atoms with E-state index in [9.17, 15) is 0 Å². The van der Waals surface area contributed by atoms with Crippen LogP contribution in [-0.2, 0) is 48.2 Å². The Morgan fingerprint density at radius 1 is 0.629 bits per heavy atom. The van der Waals surface area contributed by atoms with Gasteiger partial charge in [-0.15, -0.1) is 0 Å². The molecule has 1 heterocycles. The topological polar surface area (TPSA) is 55.4 Å². The van der Waals surface area contributed by atoms with Gasteiger partial charge in [-0.3, -0.25) is 0 Å². The molecule has 6 nitrogen and oxygen atoms in total. The maximum atomic E-state index is 6.47. The van der Waals surface area contributed by atoms with Gasteiger partial charge in [0, 0.05) is 7.11 Å². The maximum absolute atomic E-state index is 6.47. The van der Waals surface area contributed by atoms with Gasteiger partial charge < -0.3 is 28.4 Å². The number of rotatable bonds is 11. The van der Waals surface area contributed by atoms with Crippen LogP contribution in [0.5, 0.6) is 0 Å². The van der Waals surface area contributed by atoms with E-state index in [0.29, 0.717) is 25.6 Å². The van der Waals surface area contributed by atoms with E-state index in [1.165, 1.54) is 6.26 Å². The molecule has 4 rings (SSSR count). The van der Waals surface area contributed by atoms with Gasteiger partial charge in [0.25, 0.3) is 0 Å². The summed E-state index contributed by atoms with van der Waals surface area (Å²) in [5.74, 6) is 0.493. The summed E-state index contributed by atoms with van der Waals surface area (Å²) >= 11 is 0. The molecule has 0 unspecified atom stereocenters. The summed E-state index contributed by atoms with van der Waals surface area (Å²) in [6.07, 6.45) is -0.779. The summed E-state index contributed by atoms with van der Waals surface area (Å²) in [6.45, 7) is 1.15. The van der Waals surface area contributed by atoms with Gasteiger partial charge in [0.15, 0.2) is 5.76 Å². The second-order valence-corrected chi connectivity index (χ2v) is 8.22. The molecule has 0 aromatic heterocycles. The van der Waals surface area contributed by atoms with E-state index in [0.717, 1.165) is 16.7 Å². The van der Waals surface area contributed by atoms with Crippen molar-refractivity contribution in [2.45, 2.75) is 44.4 Å². The fraction of sp³-hybridized carbons (Fsp3) is 0.310. The summed E-state index contributed by atoms with van der Waals surface area (Å²) in [4.78, 5) is 0. The normalized spacial score (nSPS) is 23.1. The van der Waals surface area contributed by atoms with Crippen LogP contribution in [0.2, 0.25) is 0 Å². The molecule has 0 bridgehead atoms. The zero-order valence-electron chi connectivity index (χ0n) is 20.1. The second-order valence-electron chi connectivity index (χ2n) is 8.22. The van der Waals surface area contributed by atoms with Crippen molar-refractivity contribution in [2.75, 3.05) is 14.2 Å². The molecule has 1 fully saturated rings. The van der Waals surface area contributed by atoms with Gasteiger partial charge in [-0.05, 0) is 16.7 Å². The molecule has 0 aliphatic carbocycles. The Morgan fingerprint density at radius 3 is 1.54 bits per heavy atom. The highest BCUT2D eigenvalue weighted by Gasteiger charge is 2.47. The van der Waals surface area contributed by atoms with Crippen LogP contribution in [0.1, 0.15) is 16.7 Å². The van der Waals surface area contributed by atoms with Crippen LogP contribution in [0.4, 0.5) is 0 Å². The Balaban J connectivity index is 1.60. The molecule has 1 aliphatic rings. The Hall–Kier alpha value is -3.16. The van der Waals surface area contributed by atoms with Crippen LogP contribution >= 0.6 is 0 Å². The summed E-state index contributed by atoms with van der Waals surface area (Å²) < 4.78 is 36.3. The number of ether oxygens (including phenoxy) is 6. The van der Waals surface area contributed by atoms with Gasteiger partial charge in [0.1, 0.15) is 24.6 Å². The predicted octanol–water partition coefficient (Wildman–Crippen LogP) is 5.23. The van der Waals surface area contributed by atoms with E-state index in [1.54, 1.807) is 14.2 Å². The fourth-order valence-corrected chi connectivity index (χ4v) is 3.98. The molecule has 3 aromatic carbocycles. The average molecular weight is 477 g/mol. The standard InChI is InChI=1S/C29H32O6/c1-30-21-25-26(32-18-22-12-6-3-7-13-22)27(33-19-23-14-8-4-9-15-23)28(29(31-2)35-25)34-20-24-16-10-5-11-17-24/h3-17,21,26-29H,18-20H2,1-2H3/b25-21+/t26-,27+,28-,29+/m1/s1. The van der Waals surface area contributed by atoms with Crippen LogP contribution in [0.25, 0.3) is 0 Å². The van der Waals surface area contributed by atoms with Crippen molar-refractivity contribution in [2.24, 2.45) is 0 Å². The summed E-state index contributed by atoms with van der Waals surface area (Å²) in [5, 5.41) is 0. The van der Waals surface area contributed by atoms with E-state index >= 15 is 0 Å². The molecule has 6 heteroatoms. The van der Waals surface area contributed by atoms with Crippen molar-refractivity contribution in [3.05, 3.63) is 120 Å². The molecular formula is C29H32O6. The predicted molar refractivity (Wildman–Crippen MR) is 132 cm³/mol. The van der Waals surface area contributed by atoms with E-state index < -0.39 is 24.6 Å². The molecule has 35 heavy (non-hydrogen) atoms. The molecule has 184 valence electrons. The SMILES string of the molecule is CO/C=C1/O[C@H](OC)[C@H](OCc2ccccc2)[C@@H](OCc2ccccc2)[C@@H]1OCc1ccccc1. The van der Waals surface area contributed by atoms with E-state index in [2.05, 4.69) is 0 Å². The smallest absolute Gasteiger partial charge is 0.228 e. The highest BCUT2D eigenvalue weighted by molar-refractivity contribution is 5.17. The Morgan fingerprint density at radius 2 is 1.09 bits per heavy atom. The first-order valence-corrected chi connectivity index (χ1v) is 11.7. The number of benzene rings is 3. The Labute approximate surface area is 207 Å². The molecular weight excluding hydrogens is 444 g/mol. The highest BCUT2D eigenvalue weighted by Crippen LogP contribution is 2.32. The van der Waals surface area contributed by atoms with Crippen molar-refractivity contribution in [1.29, 1.82) is 0 Å². The molecule has 0 N–H and O–H groups in total. The van der Waals surface area contributed by atoms with Gasteiger partial charge in [0.2, 0.25) is 6.29 Å². The third-order valence-corrected chi connectivity index (χ3v) is 5.73. The lowest BCUT2D eigenvalue weighted by Gasteiger charge is -2.42. The van der Waals surface area contributed by atoms with Crippen LogP contribution in [0.15, 0.2) is 103 Å². The third-order valence-electron chi connectivity index (χ3n) is 5.73. The van der Waals surface area contributed by atoms with Crippen LogP contribution in [0, 0.1) is 0 Å². The Kier molecular flexibility index (Phi) is 9.32.